The van der Waals surface area contributed by atoms with Gasteiger partial charge < -0.3 is 25.4 Å². The van der Waals surface area contributed by atoms with Crippen molar-refractivity contribution in [3.63, 3.8) is 0 Å². The highest BCUT2D eigenvalue weighted by Crippen LogP contribution is 2.27. The molecule has 10 heteroatoms. The first-order valence-corrected chi connectivity index (χ1v) is 11.9. The number of sulfone groups is 1. The van der Waals surface area contributed by atoms with E-state index in [2.05, 4.69) is 20.9 Å². The van der Waals surface area contributed by atoms with Gasteiger partial charge in [0, 0.05) is 25.6 Å². The van der Waals surface area contributed by atoms with E-state index in [1.54, 1.807) is 14.2 Å². The number of nitrogens with zero attached hydrogens (tertiary/aromatic N) is 1. The highest BCUT2D eigenvalue weighted by atomic mass is 32.2. The van der Waals surface area contributed by atoms with Crippen molar-refractivity contribution in [1.82, 2.24) is 16.0 Å². The number of methoxy groups -OCH3 is 2. The van der Waals surface area contributed by atoms with Gasteiger partial charge >= 0.3 is 0 Å². The van der Waals surface area contributed by atoms with Crippen LogP contribution < -0.4 is 25.4 Å². The fourth-order valence-corrected chi connectivity index (χ4v) is 4.85. The second-order valence-corrected chi connectivity index (χ2v) is 9.27. The summed E-state index contributed by atoms with van der Waals surface area (Å²) in [6.07, 6.45) is 1.46. The Morgan fingerprint density at radius 2 is 1.97 bits per heavy atom. The lowest BCUT2D eigenvalue weighted by atomic mass is 10.1. The highest BCUT2D eigenvalue weighted by Gasteiger charge is 2.28. The van der Waals surface area contributed by atoms with E-state index in [0.29, 0.717) is 43.5 Å². The number of hydrogen-bond donors (Lipinski definition) is 3. The first-order chi connectivity index (χ1) is 14.4. The number of guanidine groups is 1. The van der Waals surface area contributed by atoms with Gasteiger partial charge in [0.15, 0.2) is 27.3 Å². The molecule has 1 saturated heterocycles. The molecule has 0 radical (unpaired) electrons. The molecule has 1 unspecified atom stereocenters. The molecule has 1 atom stereocenters. The van der Waals surface area contributed by atoms with Gasteiger partial charge in [-0.1, -0.05) is 6.07 Å². The fourth-order valence-electron chi connectivity index (χ4n) is 3.18. The van der Waals surface area contributed by atoms with Crippen LogP contribution in [0, 0.1) is 0 Å². The van der Waals surface area contributed by atoms with Crippen molar-refractivity contribution < 1.29 is 22.7 Å². The maximum absolute atomic E-state index is 12.0. The summed E-state index contributed by atoms with van der Waals surface area (Å²) in [5.41, 5.74) is 1.10. The van der Waals surface area contributed by atoms with Crippen molar-refractivity contribution in [2.45, 2.75) is 32.2 Å². The lowest BCUT2D eigenvalue weighted by molar-refractivity contribution is -0.121. The van der Waals surface area contributed by atoms with Crippen LogP contribution in [0.1, 0.15) is 25.3 Å². The van der Waals surface area contributed by atoms with Crippen LogP contribution in [-0.2, 0) is 21.1 Å². The number of aliphatic imine (C=N–C) groups is 1. The Bertz CT molecular complexity index is 842. The molecule has 9 nitrogen and oxygen atoms in total. The maximum Gasteiger partial charge on any atom is 0.222 e. The number of benzene rings is 1. The first kappa shape index (κ1) is 23.8. The molecule has 0 spiro atoms. The number of carbonyl (C=O) groups excluding carboxylic acids is 1. The minimum Gasteiger partial charge on any atom is -0.493 e. The molecule has 2 rings (SSSR count). The molecule has 3 N–H and O–H groups in total. The van der Waals surface area contributed by atoms with Gasteiger partial charge in [0.25, 0.3) is 0 Å². The first-order valence-electron chi connectivity index (χ1n) is 10.1. The van der Waals surface area contributed by atoms with Crippen molar-refractivity contribution in [3.8, 4) is 11.5 Å². The number of nitrogens with one attached hydrogen (secondary N) is 3. The predicted molar refractivity (Wildman–Crippen MR) is 117 cm³/mol. The summed E-state index contributed by atoms with van der Waals surface area (Å²) >= 11 is 0. The van der Waals surface area contributed by atoms with E-state index in [1.165, 1.54) is 0 Å². The Hall–Kier alpha value is -2.49. The van der Waals surface area contributed by atoms with E-state index >= 15 is 0 Å². The van der Waals surface area contributed by atoms with Crippen LogP contribution in [0.2, 0.25) is 0 Å². The second kappa shape index (κ2) is 11.6. The SMILES string of the molecule is CCNC(=NCCC(=O)NC1CCS(=O)(=O)C1)NCCc1ccc(OC)c(OC)c1. The molecule has 1 aliphatic heterocycles. The summed E-state index contributed by atoms with van der Waals surface area (Å²) in [4.78, 5) is 16.4. The average molecular weight is 441 g/mol. The van der Waals surface area contributed by atoms with Crippen LogP contribution in [0.25, 0.3) is 0 Å². The molecular formula is C20H32N4O5S. The second-order valence-electron chi connectivity index (χ2n) is 7.04. The van der Waals surface area contributed by atoms with E-state index in [-0.39, 0.29) is 29.9 Å². The maximum atomic E-state index is 12.0. The number of carbonyl (C=O) groups is 1. The van der Waals surface area contributed by atoms with E-state index in [0.717, 1.165) is 12.0 Å². The third-order valence-electron chi connectivity index (χ3n) is 4.70. The Balaban J connectivity index is 1.78. The zero-order valence-corrected chi connectivity index (χ0v) is 18.7. The highest BCUT2D eigenvalue weighted by molar-refractivity contribution is 7.91. The van der Waals surface area contributed by atoms with Gasteiger partial charge in [-0.3, -0.25) is 9.79 Å². The molecule has 1 aromatic carbocycles. The van der Waals surface area contributed by atoms with Crippen LogP contribution in [0.4, 0.5) is 0 Å². The fraction of sp³-hybridized carbons (Fsp3) is 0.600. The molecule has 0 aromatic heterocycles. The zero-order chi connectivity index (χ0) is 22.0. The van der Waals surface area contributed by atoms with Gasteiger partial charge in [-0.15, -0.1) is 0 Å². The van der Waals surface area contributed by atoms with E-state index in [1.807, 2.05) is 25.1 Å². The molecule has 0 saturated carbocycles. The summed E-state index contributed by atoms with van der Waals surface area (Å²) in [6.45, 7) is 3.65. The van der Waals surface area contributed by atoms with Gasteiger partial charge in [-0.05, 0) is 37.5 Å². The molecular weight excluding hydrogens is 408 g/mol. The minimum atomic E-state index is -3.00. The van der Waals surface area contributed by atoms with Crippen molar-refractivity contribution in [1.29, 1.82) is 0 Å². The van der Waals surface area contributed by atoms with Crippen LogP contribution in [-0.4, -0.2) is 71.7 Å². The molecule has 1 fully saturated rings. The van der Waals surface area contributed by atoms with E-state index < -0.39 is 9.84 Å². The summed E-state index contributed by atoms with van der Waals surface area (Å²) in [5, 5.41) is 9.17. The van der Waals surface area contributed by atoms with Crippen LogP contribution in [0.15, 0.2) is 23.2 Å². The molecule has 1 heterocycles. The monoisotopic (exact) mass is 440 g/mol. The van der Waals surface area contributed by atoms with Gasteiger partial charge in [0.2, 0.25) is 5.91 Å². The summed E-state index contributed by atoms with van der Waals surface area (Å²) in [5.74, 6) is 2.01. The Labute approximate surface area is 178 Å². The Kier molecular flexibility index (Phi) is 9.22. The third-order valence-corrected chi connectivity index (χ3v) is 6.47. The van der Waals surface area contributed by atoms with Gasteiger partial charge in [0.1, 0.15) is 0 Å². The Morgan fingerprint density at radius 3 is 2.60 bits per heavy atom. The molecule has 0 bridgehead atoms. The summed E-state index contributed by atoms with van der Waals surface area (Å²) in [6, 6.07) is 5.53. The molecule has 168 valence electrons. The molecule has 30 heavy (non-hydrogen) atoms. The van der Waals surface area contributed by atoms with Gasteiger partial charge in [-0.2, -0.15) is 0 Å². The zero-order valence-electron chi connectivity index (χ0n) is 17.9. The molecule has 1 aliphatic rings. The summed E-state index contributed by atoms with van der Waals surface area (Å²) in [7, 11) is 0.213. The number of ether oxygens (including phenoxy) is 2. The van der Waals surface area contributed by atoms with Crippen molar-refractivity contribution in [2.75, 3.05) is 45.4 Å². The van der Waals surface area contributed by atoms with E-state index in [9.17, 15) is 13.2 Å². The minimum absolute atomic E-state index is 0.0301. The molecule has 1 aromatic rings. The van der Waals surface area contributed by atoms with Crippen LogP contribution in [0.5, 0.6) is 11.5 Å². The Morgan fingerprint density at radius 1 is 1.20 bits per heavy atom. The van der Waals surface area contributed by atoms with Crippen molar-refractivity contribution in [3.05, 3.63) is 23.8 Å². The van der Waals surface area contributed by atoms with Crippen molar-refractivity contribution >= 4 is 21.7 Å². The van der Waals surface area contributed by atoms with E-state index in [4.69, 9.17) is 9.47 Å². The van der Waals surface area contributed by atoms with Crippen LogP contribution >= 0.6 is 0 Å². The lowest BCUT2D eigenvalue weighted by Gasteiger charge is -2.13. The van der Waals surface area contributed by atoms with Crippen molar-refractivity contribution in [2.24, 2.45) is 4.99 Å². The lowest BCUT2D eigenvalue weighted by Crippen LogP contribution is -2.39. The smallest absolute Gasteiger partial charge is 0.222 e. The summed E-state index contributed by atoms with van der Waals surface area (Å²) < 4.78 is 33.5. The number of hydrogen-bond acceptors (Lipinski definition) is 6. The van der Waals surface area contributed by atoms with Gasteiger partial charge in [0.05, 0.1) is 32.3 Å². The standard InChI is InChI=1S/C20H32N4O5S/c1-4-21-20(22-10-7-15-5-6-17(28-2)18(13-15)29-3)23-11-8-19(25)24-16-9-12-30(26,27)14-16/h5-6,13,16H,4,7-12,14H2,1-3H3,(H,24,25)(H2,21,22,23). The topological polar surface area (TPSA) is 118 Å². The normalized spacial score (nSPS) is 18.0. The average Bonchev–Trinajstić information content (AvgIpc) is 3.05. The third kappa shape index (κ3) is 7.74. The number of amides is 1. The van der Waals surface area contributed by atoms with Gasteiger partial charge in [-0.25, -0.2) is 8.42 Å². The number of rotatable bonds is 10. The quantitative estimate of drug-likeness (QED) is 0.358. The predicted octanol–water partition coefficient (Wildman–Crippen LogP) is 0.495. The largest absolute Gasteiger partial charge is 0.493 e. The molecule has 0 aliphatic carbocycles. The molecule has 1 amide bonds. The van der Waals surface area contributed by atoms with Crippen LogP contribution in [0.3, 0.4) is 0 Å².